The molecule has 3 rings (SSSR count). The van der Waals surface area contributed by atoms with Crippen molar-refractivity contribution in [3.8, 4) is 0 Å². The molecule has 1 N–H and O–H groups in total. The average molecular weight is 251 g/mol. The number of amides is 1. The van der Waals surface area contributed by atoms with Crippen LogP contribution in [0.4, 0.5) is 4.39 Å². The SMILES string of the molecule is O=C1C=C(n2ncc3cc(F)ccc32)S(=O)N1. The summed E-state index contributed by atoms with van der Waals surface area (Å²) in [6.45, 7) is 0. The molecule has 1 aromatic carbocycles. The van der Waals surface area contributed by atoms with Crippen LogP contribution in [0.3, 0.4) is 0 Å². The minimum Gasteiger partial charge on any atom is -0.269 e. The molecule has 0 radical (unpaired) electrons. The van der Waals surface area contributed by atoms with Crippen molar-refractivity contribution >= 4 is 32.8 Å². The van der Waals surface area contributed by atoms with Gasteiger partial charge >= 0.3 is 0 Å². The van der Waals surface area contributed by atoms with Gasteiger partial charge in [0.15, 0.2) is 16.0 Å². The largest absolute Gasteiger partial charge is 0.269 e. The van der Waals surface area contributed by atoms with Crippen molar-refractivity contribution in [2.24, 2.45) is 0 Å². The van der Waals surface area contributed by atoms with Crippen LogP contribution in [-0.2, 0) is 15.8 Å². The van der Waals surface area contributed by atoms with Crippen LogP contribution in [0.15, 0.2) is 30.5 Å². The van der Waals surface area contributed by atoms with E-state index < -0.39 is 16.9 Å². The Hall–Kier alpha value is -2.02. The van der Waals surface area contributed by atoms with Gasteiger partial charge in [0.1, 0.15) is 5.82 Å². The van der Waals surface area contributed by atoms with E-state index in [2.05, 4.69) is 9.82 Å². The molecule has 7 heteroatoms. The van der Waals surface area contributed by atoms with Gasteiger partial charge in [0, 0.05) is 11.5 Å². The zero-order chi connectivity index (χ0) is 12.0. The van der Waals surface area contributed by atoms with Crippen molar-refractivity contribution in [2.75, 3.05) is 0 Å². The lowest BCUT2D eigenvalue weighted by atomic mass is 10.2. The van der Waals surface area contributed by atoms with Gasteiger partial charge in [0.25, 0.3) is 5.91 Å². The summed E-state index contributed by atoms with van der Waals surface area (Å²) in [6, 6.07) is 4.14. The molecular weight excluding hydrogens is 245 g/mol. The Morgan fingerprint density at radius 1 is 1.41 bits per heavy atom. The van der Waals surface area contributed by atoms with Crippen LogP contribution in [0.2, 0.25) is 0 Å². The highest BCUT2D eigenvalue weighted by molar-refractivity contribution is 7.93. The van der Waals surface area contributed by atoms with Crippen LogP contribution in [-0.4, -0.2) is 19.9 Å². The zero-order valence-electron chi connectivity index (χ0n) is 8.38. The van der Waals surface area contributed by atoms with Gasteiger partial charge in [-0.15, -0.1) is 0 Å². The Bertz CT molecular complexity index is 692. The van der Waals surface area contributed by atoms with E-state index in [0.29, 0.717) is 10.9 Å². The second kappa shape index (κ2) is 3.49. The van der Waals surface area contributed by atoms with E-state index >= 15 is 0 Å². The van der Waals surface area contributed by atoms with E-state index in [9.17, 15) is 13.4 Å². The van der Waals surface area contributed by atoms with Crippen molar-refractivity contribution in [1.29, 1.82) is 0 Å². The van der Waals surface area contributed by atoms with E-state index in [1.807, 2.05) is 0 Å². The van der Waals surface area contributed by atoms with Gasteiger partial charge in [-0.05, 0) is 18.2 Å². The molecule has 2 aromatic rings. The summed E-state index contributed by atoms with van der Waals surface area (Å²) in [7, 11) is -1.61. The number of nitrogens with zero attached hydrogens (tertiary/aromatic N) is 2. The monoisotopic (exact) mass is 251 g/mol. The number of carbonyl (C=O) groups is 1. The van der Waals surface area contributed by atoms with Crippen molar-refractivity contribution in [1.82, 2.24) is 14.5 Å². The Kier molecular flexibility index (Phi) is 2.08. The van der Waals surface area contributed by atoms with Crippen molar-refractivity contribution < 1.29 is 13.4 Å². The molecule has 86 valence electrons. The van der Waals surface area contributed by atoms with Gasteiger partial charge in [-0.3, -0.25) is 9.52 Å². The summed E-state index contributed by atoms with van der Waals surface area (Å²) in [5.41, 5.74) is 0.600. The summed E-state index contributed by atoms with van der Waals surface area (Å²) in [6.07, 6.45) is 2.67. The molecule has 2 heterocycles. The Morgan fingerprint density at radius 2 is 2.24 bits per heavy atom. The molecule has 1 unspecified atom stereocenters. The number of halogens is 1. The number of rotatable bonds is 1. The molecule has 17 heavy (non-hydrogen) atoms. The summed E-state index contributed by atoms with van der Waals surface area (Å²) in [5.74, 6) is -0.795. The second-order valence-electron chi connectivity index (χ2n) is 3.48. The van der Waals surface area contributed by atoms with E-state index in [1.165, 1.54) is 35.2 Å². The third-order valence-electron chi connectivity index (χ3n) is 2.38. The third-order valence-corrected chi connectivity index (χ3v) is 3.43. The van der Waals surface area contributed by atoms with Gasteiger partial charge in [0.2, 0.25) is 0 Å². The molecule has 0 fully saturated rings. The lowest BCUT2D eigenvalue weighted by Gasteiger charge is -2.01. The average Bonchev–Trinajstić information content (AvgIpc) is 2.81. The summed E-state index contributed by atoms with van der Waals surface area (Å²) >= 11 is 0. The molecule has 1 aromatic heterocycles. The van der Waals surface area contributed by atoms with Crippen LogP contribution in [0.5, 0.6) is 0 Å². The molecule has 0 aliphatic carbocycles. The Morgan fingerprint density at radius 3 is 2.94 bits per heavy atom. The quantitative estimate of drug-likeness (QED) is 0.814. The number of fused-ring (bicyclic) bond motifs is 1. The highest BCUT2D eigenvalue weighted by Crippen LogP contribution is 2.21. The topological polar surface area (TPSA) is 64.0 Å². The Labute approximate surface area is 97.5 Å². The van der Waals surface area contributed by atoms with E-state index in [0.717, 1.165) is 0 Å². The van der Waals surface area contributed by atoms with Crippen LogP contribution in [0.25, 0.3) is 15.9 Å². The lowest BCUT2D eigenvalue weighted by Crippen LogP contribution is -2.17. The molecule has 1 amide bonds. The molecule has 1 aliphatic heterocycles. The van der Waals surface area contributed by atoms with Crippen molar-refractivity contribution in [3.63, 3.8) is 0 Å². The van der Waals surface area contributed by atoms with E-state index in [4.69, 9.17) is 0 Å². The third kappa shape index (κ3) is 1.55. The number of nitrogens with one attached hydrogen (secondary N) is 1. The highest BCUT2D eigenvalue weighted by atomic mass is 32.2. The predicted molar refractivity (Wildman–Crippen MR) is 60.2 cm³/mol. The number of aromatic nitrogens is 2. The van der Waals surface area contributed by atoms with Gasteiger partial charge in [-0.2, -0.15) is 5.10 Å². The normalized spacial score (nSPS) is 19.5. The maximum absolute atomic E-state index is 13.0. The van der Waals surface area contributed by atoms with Gasteiger partial charge in [0.05, 0.1) is 11.7 Å². The first-order valence-electron chi connectivity index (χ1n) is 4.73. The first kappa shape index (κ1) is 10.2. The molecule has 1 aliphatic rings. The molecule has 0 bridgehead atoms. The standard InChI is InChI=1S/C10H6FN3O2S/c11-7-1-2-8-6(3-7)5-12-14(8)10-4-9(15)13-17(10)16/h1-5H,(H,13,15). The fraction of sp³-hybridized carbons (Fsp3) is 0. The number of benzene rings is 1. The van der Waals surface area contributed by atoms with Gasteiger partial charge in [-0.1, -0.05) is 0 Å². The maximum atomic E-state index is 13.0. The first-order chi connectivity index (χ1) is 8.15. The number of carbonyl (C=O) groups excluding carboxylic acids is 1. The fourth-order valence-electron chi connectivity index (χ4n) is 1.66. The van der Waals surface area contributed by atoms with E-state index in [-0.39, 0.29) is 10.8 Å². The summed E-state index contributed by atoms with van der Waals surface area (Å²) in [5, 5.41) is 4.83. The maximum Gasteiger partial charge on any atom is 0.258 e. The van der Waals surface area contributed by atoms with E-state index in [1.54, 1.807) is 0 Å². The van der Waals surface area contributed by atoms with Crippen molar-refractivity contribution in [2.45, 2.75) is 0 Å². The Balaban J connectivity index is 2.22. The zero-order valence-corrected chi connectivity index (χ0v) is 9.20. The summed E-state index contributed by atoms with van der Waals surface area (Å²) < 4.78 is 28.2. The predicted octanol–water partition coefficient (Wildman–Crippen LogP) is 0.767. The highest BCUT2D eigenvalue weighted by Gasteiger charge is 2.23. The molecule has 0 spiro atoms. The minimum atomic E-state index is -1.61. The van der Waals surface area contributed by atoms with Crippen LogP contribution in [0, 0.1) is 5.82 Å². The van der Waals surface area contributed by atoms with Crippen LogP contribution >= 0.6 is 0 Å². The van der Waals surface area contributed by atoms with Crippen molar-refractivity contribution in [3.05, 3.63) is 36.3 Å². The fourth-order valence-corrected chi connectivity index (χ4v) is 2.52. The number of hydrogen-bond acceptors (Lipinski definition) is 3. The first-order valence-corrected chi connectivity index (χ1v) is 5.88. The van der Waals surface area contributed by atoms with Crippen LogP contribution in [0.1, 0.15) is 0 Å². The molecule has 1 atom stereocenters. The minimum absolute atomic E-state index is 0.247. The molecule has 0 saturated carbocycles. The number of hydrogen-bond donors (Lipinski definition) is 1. The van der Waals surface area contributed by atoms with Gasteiger partial charge < -0.3 is 0 Å². The molecular formula is C10H6FN3O2S. The summed E-state index contributed by atoms with van der Waals surface area (Å²) in [4.78, 5) is 11.1. The smallest absolute Gasteiger partial charge is 0.258 e. The lowest BCUT2D eigenvalue weighted by molar-refractivity contribution is -0.114. The van der Waals surface area contributed by atoms with Crippen LogP contribution < -0.4 is 4.72 Å². The molecule has 0 saturated heterocycles. The second-order valence-corrected chi connectivity index (χ2v) is 4.64. The van der Waals surface area contributed by atoms with Gasteiger partial charge in [-0.25, -0.2) is 13.3 Å². The molecule has 5 nitrogen and oxygen atoms in total.